The van der Waals surface area contributed by atoms with Crippen LogP contribution in [0.25, 0.3) is 0 Å². The van der Waals surface area contributed by atoms with Gasteiger partial charge >= 0.3 is 5.97 Å². The highest BCUT2D eigenvalue weighted by atomic mass is 19.1. The number of hydrogen-bond acceptors (Lipinski definition) is 3. The maximum atomic E-state index is 12.7. The number of benzene rings is 1. The lowest BCUT2D eigenvalue weighted by Crippen LogP contribution is -2.11. The van der Waals surface area contributed by atoms with Crippen LogP contribution in [0.5, 0.6) is 0 Å². The van der Waals surface area contributed by atoms with Gasteiger partial charge in [0, 0.05) is 18.4 Å². The van der Waals surface area contributed by atoms with Crippen LogP contribution in [0.3, 0.4) is 0 Å². The Balaban J connectivity index is 0. The van der Waals surface area contributed by atoms with Crippen molar-refractivity contribution in [2.24, 2.45) is 0 Å². The summed E-state index contributed by atoms with van der Waals surface area (Å²) in [4.78, 5) is 11.1. The first-order valence-corrected chi connectivity index (χ1v) is 8.70. The third kappa shape index (κ3) is 13.8. The van der Waals surface area contributed by atoms with Crippen molar-refractivity contribution in [1.82, 2.24) is 0 Å². The molecule has 0 saturated heterocycles. The van der Waals surface area contributed by atoms with Crippen molar-refractivity contribution in [3.05, 3.63) is 35.6 Å². The fraction of sp³-hybridized carbons (Fsp3) is 0.550. The first-order valence-electron chi connectivity index (χ1n) is 8.70. The van der Waals surface area contributed by atoms with Crippen LogP contribution in [-0.4, -0.2) is 23.8 Å². The average Bonchev–Trinajstić information content (AvgIpc) is 2.62. The molecular weight excluding hydrogens is 307 g/mol. The van der Waals surface area contributed by atoms with Crippen molar-refractivity contribution in [2.45, 2.75) is 66.4 Å². The third-order valence-electron chi connectivity index (χ3n) is 2.67. The van der Waals surface area contributed by atoms with E-state index in [2.05, 4.69) is 11.8 Å². The van der Waals surface area contributed by atoms with Crippen LogP contribution in [0.1, 0.15) is 65.9 Å². The van der Waals surface area contributed by atoms with Crippen LogP contribution in [0.15, 0.2) is 24.3 Å². The fourth-order valence-electron chi connectivity index (χ4n) is 1.60. The smallest absolute Gasteiger partial charge is 0.305 e. The maximum absolute atomic E-state index is 12.7. The van der Waals surface area contributed by atoms with Gasteiger partial charge < -0.3 is 9.84 Å². The van der Waals surface area contributed by atoms with E-state index in [9.17, 15) is 14.3 Å². The number of halogens is 1. The fourth-order valence-corrected chi connectivity index (χ4v) is 1.60. The largest absolute Gasteiger partial charge is 0.466 e. The Morgan fingerprint density at radius 2 is 1.75 bits per heavy atom. The molecule has 0 aliphatic rings. The zero-order chi connectivity index (χ0) is 18.8. The summed E-state index contributed by atoms with van der Waals surface area (Å²) in [6.45, 7) is 10.1. The molecule has 1 unspecified atom stereocenters. The monoisotopic (exact) mass is 338 g/mol. The summed E-state index contributed by atoms with van der Waals surface area (Å²) in [7, 11) is 0. The van der Waals surface area contributed by atoms with E-state index in [1.54, 1.807) is 19.1 Å². The maximum Gasteiger partial charge on any atom is 0.305 e. The minimum absolute atomic E-state index is 0.223. The molecule has 1 atom stereocenters. The molecule has 0 spiro atoms. The molecule has 1 aromatic rings. The van der Waals surface area contributed by atoms with Crippen LogP contribution in [0.4, 0.5) is 4.39 Å². The van der Waals surface area contributed by atoms with Crippen molar-refractivity contribution in [2.75, 3.05) is 6.61 Å². The minimum Gasteiger partial charge on any atom is -0.466 e. The Hall–Kier alpha value is -1.86. The Bertz CT molecular complexity index is 472. The normalized spacial score (nSPS) is 9.96. The summed E-state index contributed by atoms with van der Waals surface area (Å²) >= 11 is 0. The minimum atomic E-state index is -0.554. The third-order valence-corrected chi connectivity index (χ3v) is 2.67. The molecule has 1 N–H and O–H groups in total. The number of carbonyl (C=O) groups is 1. The highest BCUT2D eigenvalue weighted by Crippen LogP contribution is 2.06. The Morgan fingerprint density at radius 3 is 2.29 bits per heavy atom. The summed E-state index contributed by atoms with van der Waals surface area (Å²) < 4.78 is 17.4. The van der Waals surface area contributed by atoms with Crippen LogP contribution in [0, 0.1) is 17.7 Å². The van der Waals surface area contributed by atoms with Crippen molar-refractivity contribution in [3.8, 4) is 11.8 Å². The molecule has 0 aliphatic carbocycles. The first-order chi connectivity index (χ1) is 11.6. The summed E-state index contributed by atoms with van der Waals surface area (Å²) in [6.07, 6.45) is 1.09. The van der Waals surface area contributed by atoms with E-state index in [1.807, 2.05) is 27.7 Å². The van der Waals surface area contributed by atoms with Gasteiger partial charge in [-0.2, -0.15) is 0 Å². The summed E-state index contributed by atoms with van der Waals surface area (Å²) in [5, 5.41) is 9.67. The second kappa shape index (κ2) is 17.5. The molecule has 0 amide bonds. The second-order valence-electron chi connectivity index (χ2n) is 4.34. The number of aliphatic hydroxyl groups is 1. The van der Waals surface area contributed by atoms with Gasteiger partial charge in [-0.3, -0.25) is 4.79 Å². The number of hydrogen-bond donors (Lipinski definition) is 1. The molecular formula is C20H31FO3. The summed E-state index contributed by atoms with van der Waals surface area (Å²) in [6, 6.07) is 5.94. The molecule has 1 aromatic carbocycles. The SMILES string of the molecule is CC.CC.CCOC(=O)CCC(O)CCC#Cc1ccc(F)cc1. The van der Waals surface area contributed by atoms with E-state index in [1.165, 1.54) is 12.1 Å². The van der Waals surface area contributed by atoms with Crippen molar-refractivity contribution >= 4 is 5.97 Å². The lowest BCUT2D eigenvalue weighted by molar-refractivity contribution is -0.143. The zero-order valence-corrected chi connectivity index (χ0v) is 15.6. The van der Waals surface area contributed by atoms with Gasteiger partial charge in [-0.05, 0) is 44.0 Å². The predicted octanol–water partition coefficient (Wildman–Crippen LogP) is 4.71. The summed E-state index contributed by atoms with van der Waals surface area (Å²) in [5.74, 6) is 5.23. The number of aliphatic hydroxyl groups excluding tert-OH is 1. The van der Waals surface area contributed by atoms with E-state index in [4.69, 9.17) is 4.74 Å². The van der Waals surface area contributed by atoms with Gasteiger partial charge in [0.1, 0.15) is 5.82 Å². The molecule has 0 saturated carbocycles. The lowest BCUT2D eigenvalue weighted by Gasteiger charge is -2.07. The molecule has 0 heterocycles. The predicted molar refractivity (Wildman–Crippen MR) is 97.1 cm³/mol. The molecule has 0 fully saturated rings. The molecule has 136 valence electrons. The number of esters is 1. The van der Waals surface area contributed by atoms with Crippen molar-refractivity contribution < 1.29 is 19.0 Å². The second-order valence-corrected chi connectivity index (χ2v) is 4.34. The van der Waals surface area contributed by atoms with E-state index < -0.39 is 6.10 Å². The molecule has 1 rings (SSSR count). The van der Waals surface area contributed by atoms with Gasteiger partial charge in [-0.15, -0.1) is 0 Å². The highest BCUT2D eigenvalue weighted by molar-refractivity contribution is 5.69. The number of ether oxygens (including phenoxy) is 1. The molecule has 4 heteroatoms. The molecule has 0 aromatic heterocycles. The van der Waals surface area contributed by atoms with E-state index >= 15 is 0 Å². The number of rotatable bonds is 6. The zero-order valence-electron chi connectivity index (χ0n) is 15.6. The van der Waals surface area contributed by atoms with Crippen LogP contribution < -0.4 is 0 Å². The van der Waals surface area contributed by atoms with Gasteiger partial charge in [0.15, 0.2) is 0 Å². The standard InChI is InChI=1S/C16H19FO3.2C2H6/c1-2-20-16(19)12-11-15(18)6-4-3-5-13-7-9-14(17)10-8-13;2*1-2/h7-10,15,18H,2,4,6,11-12H2,1H3;2*1-2H3. The average molecular weight is 338 g/mol. The Morgan fingerprint density at radius 1 is 1.17 bits per heavy atom. The quantitative estimate of drug-likeness (QED) is 0.603. The van der Waals surface area contributed by atoms with E-state index in [0.29, 0.717) is 25.9 Å². The highest BCUT2D eigenvalue weighted by Gasteiger charge is 2.07. The van der Waals surface area contributed by atoms with Crippen LogP contribution in [0.2, 0.25) is 0 Å². The van der Waals surface area contributed by atoms with E-state index in [0.717, 1.165) is 5.56 Å². The topological polar surface area (TPSA) is 46.5 Å². The van der Waals surface area contributed by atoms with Crippen LogP contribution in [-0.2, 0) is 9.53 Å². The Labute approximate surface area is 146 Å². The summed E-state index contributed by atoms with van der Waals surface area (Å²) in [5.41, 5.74) is 0.743. The van der Waals surface area contributed by atoms with Gasteiger partial charge in [-0.1, -0.05) is 39.5 Å². The van der Waals surface area contributed by atoms with Crippen molar-refractivity contribution in [1.29, 1.82) is 0 Å². The molecule has 24 heavy (non-hydrogen) atoms. The van der Waals surface area contributed by atoms with Gasteiger partial charge in [-0.25, -0.2) is 4.39 Å². The first kappa shape index (κ1) is 24.4. The van der Waals surface area contributed by atoms with Gasteiger partial charge in [0.05, 0.1) is 12.7 Å². The molecule has 0 aliphatic heterocycles. The lowest BCUT2D eigenvalue weighted by atomic mass is 10.1. The van der Waals surface area contributed by atoms with Gasteiger partial charge in [0.2, 0.25) is 0 Å². The molecule has 3 nitrogen and oxygen atoms in total. The molecule has 0 bridgehead atoms. The van der Waals surface area contributed by atoms with E-state index in [-0.39, 0.29) is 18.2 Å². The van der Waals surface area contributed by atoms with Crippen LogP contribution >= 0.6 is 0 Å². The van der Waals surface area contributed by atoms with Gasteiger partial charge in [0.25, 0.3) is 0 Å². The molecule has 0 radical (unpaired) electrons. The Kier molecular flexibility index (Phi) is 17.8. The number of carbonyl (C=O) groups excluding carboxylic acids is 1. The van der Waals surface area contributed by atoms with Crippen molar-refractivity contribution in [3.63, 3.8) is 0 Å².